The lowest BCUT2D eigenvalue weighted by molar-refractivity contribution is 0.669. The van der Waals surface area contributed by atoms with E-state index < -0.39 is 5.41 Å². The van der Waals surface area contributed by atoms with Crippen LogP contribution >= 0.6 is 0 Å². The molecule has 0 amide bonds. The molecule has 56 heavy (non-hydrogen) atoms. The first-order valence-electron chi connectivity index (χ1n) is 19.2. The van der Waals surface area contributed by atoms with Crippen molar-refractivity contribution in [1.82, 2.24) is 4.98 Å². The molecule has 1 aliphatic carbocycles. The van der Waals surface area contributed by atoms with Gasteiger partial charge in [-0.1, -0.05) is 170 Å². The predicted octanol–water partition coefficient (Wildman–Crippen LogP) is 14.0. The van der Waals surface area contributed by atoms with E-state index in [0.29, 0.717) is 0 Å². The van der Waals surface area contributed by atoms with Gasteiger partial charge in [0.05, 0.1) is 16.8 Å². The van der Waals surface area contributed by atoms with Gasteiger partial charge in [-0.05, 0) is 98.1 Å². The van der Waals surface area contributed by atoms with Gasteiger partial charge in [0, 0.05) is 21.9 Å². The number of hydrogen-bond donors (Lipinski definition) is 0. The Morgan fingerprint density at radius 2 is 0.911 bits per heavy atom. The molecule has 0 saturated heterocycles. The molecule has 0 radical (unpaired) electrons. The van der Waals surface area contributed by atoms with Gasteiger partial charge in [-0.15, -0.1) is 0 Å². The fraction of sp³-hybridized carbons (Fsp3) is 0.0185. The van der Waals surface area contributed by atoms with Gasteiger partial charge in [0.2, 0.25) is 0 Å². The van der Waals surface area contributed by atoms with Crippen LogP contribution in [-0.4, -0.2) is 4.98 Å². The molecule has 1 aliphatic rings. The van der Waals surface area contributed by atoms with Crippen LogP contribution in [0.15, 0.2) is 217 Å². The fourth-order valence-electron chi connectivity index (χ4n) is 9.05. The summed E-state index contributed by atoms with van der Waals surface area (Å²) in [7, 11) is 0. The summed E-state index contributed by atoms with van der Waals surface area (Å²) >= 11 is 0. The SMILES string of the molecule is c1ccc(-c2cc(-c3ccccc3)nc(-c3cc4c(cc3-c3ccc5c(c3)oc3ccccc35)C(c3ccccc3)(c3ccccc3)c3ccccc3-4)c2)cc1. The molecular weight excluding hydrogens is 679 g/mol. The highest BCUT2D eigenvalue weighted by Crippen LogP contribution is 2.58. The summed E-state index contributed by atoms with van der Waals surface area (Å²) in [5.41, 5.74) is 17.1. The molecule has 2 heteroatoms. The Balaban J connectivity index is 1.26. The first-order chi connectivity index (χ1) is 27.8. The number of pyridine rings is 1. The maximum absolute atomic E-state index is 6.52. The van der Waals surface area contributed by atoms with Crippen LogP contribution in [0.5, 0.6) is 0 Å². The quantitative estimate of drug-likeness (QED) is 0.171. The molecule has 0 aliphatic heterocycles. The third-order valence-electron chi connectivity index (χ3n) is 11.6. The van der Waals surface area contributed by atoms with Gasteiger partial charge in [-0.2, -0.15) is 0 Å². The van der Waals surface area contributed by atoms with E-state index in [1.54, 1.807) is 0 Å². The molecule has 0 atom stereocenters. The van der Waals surface area contributed by atoms with E-state index in [4.69, 9.17) is 9.40 Å². The molecule has 8 aromatic carbocycles. The minimum Gasteiger partial charge on any atom is -0.456 e. The van der Waals surface area contributed by atoms with Gasteiger partial charge in [-0.25, -0.2) is 4.98 Å². The number of nitrogens with zero attached hydrogens (tertiary/aromatic N) is 1. The highest BCUT2D eigenvalue weighted by molar-refractivity contribution is 6.06. The zero-order valence-electron chi connectivity index (χ0n) is 30.6. The summed E-state index contributed by atoms with van der Waals surface area (Å²) in [6.45, 7) is 0. The number of hydrogen-bond acceptors (Lipinski definition) is 2. The average Bonchev–Trinajstić information content (AvgIpc) is 3.80. The van der Waals surface area contributed by atoms with Crippen LogP contribution in [-0.2, 0) is 5.41 Å². The van der Waals surface area contributed by atoms with Gasteiger partial charge in [-0.3, -0.25) is 0 Å². The monoisotopic (exact) mass is 713 g/mol. The summed E-state index contributed by atoms with van der Waals surface area (Å²) in [6.07, 6.45) is 0. The topological polar surface area (TPSA) is 26.0 Å². The van der Waals surface area contributed by atoms with Gasteiger partial charge in [0.15, 0.2) is 0 Å². The van der Waals surface area contributed by atoms with E-state index in [2.05, 4.69) is 200 Å². The standard InChI is InChI=1S/C54H35NO/c1-5-17-36(18-6-1)39-31-50(37-19-7-2-8-20-37)55-51(32-39)47-34-46-42-25-13-15-27-48(42)54(40-21-9-3-10-22-40,41-23-11-4-12-24-41)49(46)35-45(47)38-29-30-44-43-26-14-16-28-52(43)56-53(44)33-38/h1-35H. The van der Waals surface area contributed by atoms with Crippen LogP contribution in [0.3, 0.4) is 0 Å². The summed E-state index contributed by atoms with van der Waals surface area (Å²) in [5, 5.41) is 2.23. The number of aromatic nitrogens is 1. The van der Waals surface area contributed by atoms with Crippen molar-refractivity contribution in [2.75, 3.05) is 0 Å². The maximum atomic E-state index is 6.52. The largest absolute Gasteiger partial charge is 0.456 e. The zero-order chi connectivity index (χ0) is 37.1. The summed E-state index contributed by atoms with van der Waals surface area (Å²) in [5.74, 6) is 0. The molecule has 262 valence electrons. The van der Waals surface area contributed by atoms with Crippen LogP contribution in [0.1, 0.15) is 22.3 Å². The highest BCUT2D eigenvalue weighted by Gasteiger charge is 2.46. The fourth-order valence-corrected chi connectivity index (χ4v) is 9.05. The maximum Gasteiger partial charge on any atom is 0.136 e. The summed E-state index contributed by atoms with van der Waals surface area (Å²) in [6, 6.07) is 76.4. The minimum atomic E-state index is -0.542. The van der Waals surface area contributed by atoms with Gasteiger partial charge in [0.25, 0.3) is 0 Å². The van der Waals surface area contributed by atoms with Crippen molar-refractivity contribution in [3.63, 3.8) is 0 Å². The van der Waals surface area contributed by atoms with Crippen molar-refractivity contribution < 1.29 is 4.42 Å². The first-order valence-corrected chi connectivity index (χ1v) is 19.2. The second kappa shape index (κ2) is 12.9. The van der Waals surface area contributed by atoms with E-state index in [1.165, 1.54) is 33.4 Å². The van der Waals surface area contributed by atoms with Crippen molar-refractivity contribution in [1.29, 1.82) is 0 Å². The lowest BCUT2D eigenvalue weighted by Gasteiger charge is -2.34. The Bertz CT molecular complexity index is 2960. The van der Waals surface area contributed by atoms with Gasteiger partial charge >= 0.3 is 0 Å². The van der Waals surface area contributed by atoms with Gasteiger partial charge < -0.3 is 4.42 Å². The van der Waals surface area contributed by atoms with Crippen molar-refractivity contribution in [3.8, 4) is 55.9 Å². The Morgan fingerprint density at radius 3 is 1.64 bits per heavy atom. The zero-order valence-corrected chi connectivity index (χ0v) is 30.6. The Kier molecular flexibility index (Phi) is 7.43. The van der Waals surface area contributed by atoms with Crippen molar-refractivity contribution in [2.45, 2.75) is 5.41 Å². The average molecular weight is 714 g/mol. The number of benzene rings is 8. The van der Waals surface area contributed by atoms with Crippen LogP contribution < -0.4 is 0 Å². The second-order valence-corrected chi connectivity index (χ2v) is 14.6. The van der Waals surface area contributed by atoms with E-state index >= 15 is 0 Å². The number of furan rings is 1. The number of rotatable bonds is 6. The first kappa shape index (κ1) is 32.2. The predicted molar refractivity (Wildman–Crippen MR) is 231 cm³/mol. The normalized spacial score (nSPS) is 12.8. The summed E-state index contributed by atoms with van der Waals surface area (Å²) < 4.78 is 6.52. The summed E-state index contributed by atoms with van der Waals surface area (Å²) in [4.78, 5) is 5.49. The third-order valence-corrected chi connectivity index (χ3v) is 11.6. The Hall–Kier alpha value is -7.29. The molecule has 2 aromatic heterocycles. The van der Waals surface area contributed by atoms with Crippen molar-refractivity contribution in [2.24, 2.45) is 0 Å². The van der Waals surface area contributed by atoms with Gasteiger partial charge in [0.1, 0.15) is 11.2 Å². The lowest BCUT2D eigenvalue weighted by atomic mass is 9.67. The molecule has 11 rings (SSSR count). The second-order valence-electron chi connectivity index (χ2n) is 14.6. The van der Waals surface area contributed by atoms with E-state index in [9.17, 15) is 0 Å². The molecule has 0 saturated carbocycles. The third kappa shape index (κ3) is 5.00. The van der Waals surface area contributed by atoms with Crippen LogP contribution in [0.25, 0.3) is 77.8 Å². The van der Waals surface area contributed by atoms with E-state index in [0.717, 1.165) is 66.7 Å². The molecule has 10 aromatic rings. The molecule has 0 N–H and O–H groups in total. The highest BCUT2D eigenvalue weighted by atomic mass is 16.3. The smallest absolute Gasteiger partial charge is 0.136 e. The van der Waals surface area contributed by atoms with Crippen molar-refractivity contribution >= 4 is 21.9 Å². The van der Waals surface area contributed by atoms with Crippen LogP contribution in [0.4, 0.5) is 0 Å². The molecule has 0 bridgehead atoms. The molecule has 0 unspecified atom stereocenters. The van der Waals surface area contributed by atoms with Crippen LogP contribution in [0.2, 0.25) is 0 Å². The Morgan fingerprint density at radius 1 is 0.321 bits per heavy atom. The van der Waals surface area contributed by atoms with E-state index in [-0.39, 0.29) is 0 Å². The minimum absolute atomic E-state index is 0.542. The lowest BCUT2D eigenvalue weighted by Crippen LogP contribution is -2.28. The number of fused-ring (bicyclic) bond motifs is 6. The Labute approximate surface area is 326 Å². The van der Waals surface area contributed by atoms with Crippen LogP contribution in [0, 0.1) is 0 Å². The molecular formula is C54H35NO. The van der Waals surface area contributed by atoms with Crippen molar-refractivity contribution in [3.05, 3.63) is 235 Å². The molecule has 2 heterocycles. The number of para-hydroxylation sites is 1. The molecule has 0 fully saturated rings. The molecule has 0 spiro atoms. The van der Waals surface area contributed by atoms with E-state index in [1.807, 2.05) is 12.1 Å². The molecule has 2 nitrogen and oxygen atoms in total.